The number of carboxylic acid groups (broad SMARTS) is 1. The molecule has 0 aliphatic carbocycles. The summed E-state index contributed by atoms with van der Waals surface area (Å²) in [6, 6.07) is -1.21. The van der Waals surface area contributed by atoms with Crippen molar-refractivity contribution in [3.05, 3.63) is 0 Å². The van der Waals surface area contributed by atoms with Crippen molar-refractivity contribution in [2.45, 2.75) is 45.7 Å². The number of rotatable bonds is 4. The molecule has 21 heavy (non-hydrogen) atoms. The van der Waals surface area contributed by atoms with Crippen molar-refractivity contribution in [2.24, 2.45) is 5.92 Å². The maximum absolute atomic E-state index is 12.3. The molecule has 0 spiro atoms. The van der Waals surface area contributed by atoms with Gasteiger partial charge >= 0.3 is 12.0 Å². The predicted octanol–water partition coefficient (Wildman–Crippen LogP) is 0.748. The Morgan fingerprint density at radius 2 is 2.00 bits per heavy atom. The van der Waals surface area contributed by atoms with Crippen LogP contribution in [0.15, 0.2) is 0 Å². The number of piperidine rings is 1. The first-order valence-corrected chi connectivity index (χ1v) is 7.26. The lowest BCUT2D eigenvalue weighted by molar-refractivity contribution is -0.144. The molecule has 7 nitrogen and oxygen atoms in total. The standard InChI is InChI=1S/C14H25N3O4/c1-9(2)15-12(18)8-16(4)14(21)17-6-5-10(3)7-11(17)13(19)20/h9-11H,5-8H2,1-4H3,(H,15,18)(H,19,20). The molecule has 0 radical (unpaired) electrons. The Kier molecular flexibility index (Phi) is 5.99. The first-order chi connectivity index (χ1) is 9.72. The van der Waals surface area contributed by atoms with Crippen LogP contribution in [0.4, 0.5) is 4.79 Å². The van der Waals surface area contributed by atoms with Crippen molar-refractivity contribution < 1.29 is 19.5 Å². The molecule has 1 aliphatic rings. The second kappa shape index (κ2) is 7.28. The molecule has 0 aromatic carbocycles. The average Bonchev–Trinajstić information content (AvgIpc) is 2.36. The summed E-state index contributed by atoms with van der Waals surface area (Å²) in [6.07, 6.45) is 1.23. The molecule has 0 saturated carbocycles. The molecule has 7 heteroatoms. The molecule has 0 aromatic heterocycles. The van der Waals surface area contributed by atoms with Crippen molar-refractivity contribution in [3.8, 4) is 0 Å². The van der Waals surface area contributed by atoms with E-state index >= 15 is 0 Å². The number of nitrogens with one attached hydrogen (secondary N) is 1. The summed E-state index contributed by atoms with van der Waals surface area (Å²) in [5.41, 5.74) is 0. The van der Waals surface area contributed by atoms with Gasteiger partial charge in [-0.15, -0.1) is 0 Å². The van der Waals surface area contributed by atoms with E-state index in [2.05, 4.69) is 5.32 Å². The van der Waals surface area contributed by atoms with Crippen LogP contribution in [0.5, 0.6) is 0 Å². The second-order valence-corrected chi connectivity index (χ2v) is 6.04. The number of carboxylic acids is 1. The molecule has 3 amide bonds. The van der Waals surface area contributed by atoms with Gasteiger partial charge in [-0.2, -0.15) is 0 Å². The van der Waals surface area contributed by atoms with Crippen LogP contribution in [0, 0.1) is 5.92 Å². The van der Waals surface area contributed by atoms with Crippen molar-refractivity contribution in [3.63, 3.8) is 0 Å². The number of hydrogen-bond acceptors (Lipinski definition) is 3. The molecule has 1 fully saturated rings. The molecule has 0 aromatic rings. The summed E-state index contributed by atoms with van der Waals surface area (Å²) in [7, 11) is 1.51. The van der Waals surface area contributed by atoms with E-state index in [4.69, 9.17) is 0 Å². The largest absolute Gasteiger partial charge is 0.480 e. The van der Waals surface area contributed by atoms with Crippen LogP contribution >= 0.6 is 0 Å². The molecule has 0 bridgehead atoms. The third kappa shape index (κ3) is 4.91. The topological polar surface area (TPSA) is 90.0 Å². The second-order valence-electron chi connectivity index (χ2n) is 6.04. The van der Waals surface area contributed by atoms with Gasteiger partial charge in [0.05, 0.1) is 0 Å². The highest BCUT2D eigenvalue weighted by molar-refractivity contribution is 5.86. The summed E-state index contributed by atoms with van der Waals surface area (Å²) in [5, 5.41) is 12.0. The number of aliphatic carboxylic acids is 1. The van der Waals surface area contributed by atoms with Gasteiger partial charge in [0.25, 0.3) is 0 Å². The molecule has 1 rings (SSSR count). The zero-order chi connectivity index (χ0) is 16.2. The van der Waals surface area contributed by atoms with E-state index in [1.54, 1.807) is 0 Å². The molecule has 2 atom stereocenters. The summed E-state index contributed by atoms with van der Waals surface area (Å²) in [6.45, 7) is 6.00. The first-order valence-electron chi connectivity index (χ1n) is 7.26. The fourth-order valence-electron chi connectivity index (χ4n) is 2.47. The zero-order valence-corrected chi connectivity index (χ0v) is 13.1. The predicted molar refractivity (Wildman–Crippen MR) is 77.8 cm³/mol. The zero-order valence-electron chi connectivity index (χ0n) is 13.1. The quantitative estimate of drug-likeness (QED) is 0.801. The van der Waals surface area contributed by atoms with E-state index in [1.165, 1.54) is 16.8 Å². The van der Waals surface area contributed by atoms with Crippen molar-refractivity contribution in [2.75, 3.05) is 20.1 Å². The minimum atomic E-state index is -0.991. The molecule has 1 aliphatic heterocycles. The third-order valence-corrected chi connectivity index (χ3v) is 3.55. The highest BCUT2D eigenvalue weighted by atomic mass is 16.4. The Hall–Kier alpha value is -1.79. The summed E-state index contributed by atoms with van der Waals surface area (Å²) in [4.78, 5) is 38.0. The van der Waals surface area contributed by atoms with Crippen LogP contribution in [0.3, 0.4) is 0 Å². The van der Waals surface area contributed by atoms with E-state index in [1.807, 2.05) is 20.8 Å². The van der Waals surface area contributed by atoms with Gasteiger partial charge in [0.1, 0.15) is 12.6 Å². The van der Waals surface area contributed by atoms with Crippen LogP contribution in [-0.2, 0) is 9.59 Å². The number of carbonyl (C=O) groups is 3. The third-order valence-electron chi connectivity index (χ3n) is 3.55. The van der Waals surface area contributed by atoms with E-state index in [0.717, 1.165) is 6.42 Å². The van der Waals surface area contributed by atoms with Crippen molar-refractivity contribution in [1.29, 1.82) is 0 Å². The van der Waals surface area contributed by atoms with E-state index in [0.29, 0.717) is 13.0 Å². The van der Waals surface area contributed by atoms with Crippen LogP contribution in [0.25, 0.3) is 0 Å². The lowest BCUT2D eigenvalue weighted by atomic mass is 9.93. The molecular formula is C14H25N3O4. The van der Waals surface area contributed by atoms with Gasteiger partial charge in [0.2, 0.25) is 5.91 Å². The fraction of sp³-hybridized carbons (Fsp3) is 0.786. The lowest BCUT2D eigenvalue weighted by Gasteiger charge is -2.38. The maximum Gasteiger partial charge on any atom is 0.326 e. The van der Waals surface area contributed by atoms with Crippen LogP contribution in [0.2, 0.25) is 0 Å². The number of likely N-dealkylation sites (N-methyl/N-ethyl adjacent to an activating group) is 1. The molecule has 1 saturated heterocycles. The number of urea groups is 1. The number of nitrogens with zero attached hydrogens (tertiary/aromatic N) is 2. The molecule has 120 valence electrons. The Morgan fingerprint density at radius 3 is 2.52 bits per heavy atom. The van der Waals surface area contributed by atoms with E-state index in [9.17, 15) is 19.5 Å². The molecule has 1 heterocycles. The van der Waals surface area contributed by atoms with E-state index in [-0.39, 0.29) is 24.4 Å². The maximum atomic E-state index is 12.3. The monoisotopic (exact) mass is 299 g/mol. The Balaban J connectivity index is 2.67. The molecule has 2 unspecified atom stereocenters. The summed E-state index contributed by atoms with van der Waals surface area (Å²) in [5.74, 6) is -0.960. The Morgan fingerprint density at radius 1 is 1.38 bits per heavy atom. The van der Waals surface area contributed by atoms with Crippen molar-refractivity contribution in [1.82, 2.24) is 15.1 Å². The SMILES string of the molecule is CC1CCN(C(=O)N(C)CC(=O)NC(C)C)C(C(=O)O)C1. The van der Waals surface area contributed by atoms with E-state index < -0.39 is 18.0 Å². The highest BCUT2D eigenvalue weighted by Crippen LogP contribution is 2.23. The number of hydrogen-bond donors (Lipinski definition) is 2. The summed E-state index contributed by atoms with van der Waals surface area (Å²) < 4.78 is 0. The number of likely N-dealkylation sites (tertiary alicyclic amines) is 1. The lowest BCUT2D eigenvalue weighted by Crippen LogP contribution is -2.55. The van der Waals surface area contributed by atoms with Crippen LogP contribution < -0.4 is 5.32 Å². The van der Waals surface area contributed by atoms with Gasteiger partial charge in [-0.05, 0) is 32.6 Å². The fourth-order valence-corrected chi connectivity index (χ4v) is 2.47. The average molecular weight is 299 g/mol. The normalized spacial score (nSPS) is 22.0. The summed E-state index contributed by atoms with van der Waals surface area (Å²) >= 11 is 0. The molecule has 2 N–H and O–H groups in total. The smallest absolute Gasteiger partial charge is 0.326 e. The van der Waals surface area contributed by atoms with Gasteiger partial charge in [-0.25, -0.2) is 9.59 Å². The Bertz CT molecular complexity index is 411. The minimum Gasteiger partial charge on any atom is -0.480 e. The highest BCUT2D eigenvalue weighted by Gasteiger charge is 2.36. The van der Waals surface area contributed by atoms with Gasteiger partial charge in [-0.3, -0.25) is 4.79 Å². The minimum absolute atomic E-state index is 0.00334. The van der Waals surface area contributed by atoms with Gasteiger partial charge in [0.15, 0.2) is 0 Å². The van der Waals surface area contributed by atoms with Gasteiger partial charge in [0, 0.05) is 19.6 Å². The first kappa shape index (κ1) is 17.3. The van der Waals surface area contributed by atoms with Crippen LogP contribution in [0.1, 0.15) is 33.6 Å². The number of amides is 3. The number of carbonyl (C=O) groups excluding carboxylic acids is 2. The Labute approximate surface area is 125 Å². The van der Waals surface area contributed by atoms with Crippen LogP contribution in [-0.4, -0.2) is 65.0 Å². The van der Waals surface area contributed by atoms with Crippen molar-refractivity contribution >= 4 is 17.9 Å². The van der Waals surface area contributed by atoms with Gasteiger partial charge < -0.3 is 20.2 Å². The van der Waals surface area contributed by atoms with Gasteiger partial charge in [-0.1, -0.05) is 6.92 Å². The molecular weight excluding hydrogens is 274 g/mol.